The number of aromatic nitrogens is 1. The predicted molar refractivity (Wildman–Crippen MR) is 124 cm³/mol. The average molecular weight is 478 g/mol. The standard InChI is InChI=1S/C24H30F3N5O2/c25-24(26,27)19-1-3-20(4-2-19)29-21-5-8-28-22(17-21)31-9-6-18(7-10-31)23(34)32-13-11-30(12-14-32)15-16-33/h1-5,8,17-18,33H,6-7,9-16H2,(H,28,29). The van der Waals surface area contributed by atoms with E-state index in [0.29, 0.717) is 25.3 Å². The Morgan fingerprint density at radius 2 is 1.68 bits per heavy atom. The molecule has 184 valence electrons. The number of β-amino-alcohol motifs (C(OH)–C–C–N with tert-alkyl or cyclic N) is 1. The Kier molecular flexibility index (Phi) is 7.57. The highest BCUT2D eigenvalue weighted by Gasteiger charge is 2.31. The molecule has 2 aliphatic heterocycles. The highest BCUT2D eigenvalue weighted by molar-refractivity contribution is 5.79. The Labute approximate surface area is 197 Å². The van der Waals surface area contributed by atoms with Crippen molar-refractivity contribution in [1.29, 1.82) is 0 Å². The van der Waals surface area contributed by atoms with Crippen molar-refractivity contribution in [2.45, 2.75) is 19.0 Å². The number of nitrogens with one attached hydrogen (secondary N) is 1. The van der Waals surface area contributed by atoms with Crippen LogP contribution < -0.4 is 10.2 Å². The maximum Gasteiger partial charge on any atom is 0.416 e. The van der Waals surface area contributed by atoms with Crippen LogP contribution in [0.4, 0.5) is 30.4 Å². The van der Waals surface area contributed by atoms with Gasteiger partial charge < -0.3 is 20.2 Å². The monoisotopic (exact) mass is 477 g/mol. The minimum Gasteiger partial charge on any atom is -0.395 e. The Balaban J connectivity index is 1.30. The van der Waals surface area contributed by atoms with E-state index in [1.54, 1.807) is 12.3 Å². The van der Waals surface area contributed by atoms with Gasteiger partial charge in [0.15, 0.2) is 0 Å². The van der Waals surface area contributed by atoms with Gasteiger partial charge in [-0.05, 0) is 43.2 Å². The van der Waals surface area contributed by atoms with Crippen molar-refractivity contribution >= 4 is 23.1 Å². The number of anilines is 3. The number of nitrogens with zero attached hydrogens (tertiary/aromatic N) is 4. The average Bonchev–Trinajstić information content (AvgIpc) is 2.84. The van der Waals surface area contributed by atoms with Crippen LogP contribution in [0.2, 0.25) is 0 Å². The molecule has 2 N–H and O–H groups in total. The molecule has 10 heteroatoms. The van der Waals surface area contributed by atoms with Crippen LogP contribution in [0.3, 0.4) is 0 Å². The number of carbonyl (C=O) groups excluding carboxylic acids is 1. The van der Waals surface area contributed by atoms with Crippen molar-refractivity contribution in [3.63, 3.8) is 0 Å². The largest absolute Gasteiger partial charge is 0.416 e. The summed E-state index contributed by atoms with van der Waals surface area (Å²) in [5, 5.41) is 12.2. The number of piperidine rings is 1. The van der Waals surface area contributed by atoms with Crippen LogP contribution in [0.25, 0.3) is 0 Å². The number of benzene rings is 1. The lowest BCUT2D eigenvalue weighted by molar-refractivity contribution is -0.138. The number of aliphatic hydroxyl groups is 1. The van der Waals surface area contributed by atoms with Crippen molar-refractivity contribution in [2.24, 2.45) is 5.92 Å². The molecule has 2 aliphatic rings. The SMILES string of the molecule is O=C(C1CCN(c2cc(Nc3ccc(C(F)(F)F)cc3)ccn2)CC1)N1CCN(CCO)CC1. The van der Waals surface area contributed by atoms with Gasteiger partial charge in [-0.25, -0.2) is 4.98 Å². The highest BCUT2D eigenvalue weighted by Crippen LogP contribution is 2.31. The number of pyridine rings is 1. The summed E-state index contributed by atoms with van der Waals surface area (Å²) in [5.41, 5.74) is 0.621. The van der Waals surface area contributed by atoms with Gasteiger partial charge in [0.25, 0.3) is 0 Å². The van der Waals surface area contributed by atoms with Crippen molar-refractivity contribution in [3.8, 4) is 0 Å². The second-order valence-electron chi connectivity index (χ2n) is 8.75. The normalized spacial score (nSPS) is 18.2. The van der Waals surface area contributed by atoms with Gasteiger partial charge in [0.1, 0.15) is 5.82 Å². The van der Waals surface area contributed by atoms with Crippen LogP contribution in [-0.2, 0) is 11.0 Å². The van der Waals surface area contributed by atoms with E-state index in [1.165, 1.54) is 12.1 Å². The van der Waals surface area contributed by atoms with E-state index in [-0.39, 0.29) is 18.4 Å². The summed E-state index contributed by atoms with van der Waals surface area (Å²) in [6.45, 7) is 5.25. The molecule has 0 aliphatic carbocycles. The molecule has 3 heterocycles. The fourth-order valence-corrected chi connectivity index (χ4v) is 4.53. The number of hydrogen-bond acceptors (Lipinski definition) is 6. The maximum atomic E-state index is 12.9. The van der Waals surface area contributed by atoms with E-state index in [4.69, 9.17) is 5.11 Å². The lowest BCUT2D eigenvalue weighted by Crippen LogP contribution is -2.52. The maximum absolute atomic E-state index is 12.9. The summed E-state index contributed by atoms with van der Waals surface area (Å²) in [4.78, 5) is 23.7. The van der Waals surface area contributed by atoms with E-state index in [9.17, 15) is 18.0 Å². The molecule has 1 amide bonds. The van der Waals surface area contributed by atoms with Crippen molar-refractivity contribution < 1.29 is 23.1 Å². The van der Waals surface area contributed by atoms with Crippen LogP contribution in [0.1, 0.15) is 18.4 Å². The van der Waals surface area contributed by atoms with Crippen LogP contribution in [0.15, 0.2) is 42.6 Å². The van der Waals surface area contributed by atoms with E-state index >= 15 is 0 Å². The van der Waals surface area contributed by atoms with Crippen LogP contribution in [-0.4, -0.2) is 78.2 Å². The Bertz CT molecular complexity index is 954. The molecular weight excluding hydrogens is 447 g/mol. The minimum absolute atomic E-state index is 0.00842. The van der Waals surface area contributed by atoms with Gasteiger partial charge in [0, 0.05) is 75.4 Å². The summed E-state index contributed by atoms with van der Waals surface area (Å²) >= 11 is 0. The van der Waals surface area contributed by atoms with Gasteiger partial charge in [-0.2, -0.15) is 13.2 Å². The molecule has 0 radical (unpaired) electrons. The Morgan fingerprint density at radius 1 is 1.00 bits per heavy atom. The molecule has 4 rings (SSSR count). The van der Waals surface area contributed by atoms with Gasteiger partial charge in [-0.15, -0.1) is 0 Å². The second-order valence-corrected chi connectivity index (χ2v) is 8.75. The second kappa shape index (κ2) is 10.6. The van der Waals surface area contributed by atoms with Crippen LogP contribution in [0, 0.1) is 5.92 Å². The molecule has 0 atom stereocenters. The third kappa shape index (κ3) is 5.98. The Hall–Kier alpha value is -2.85. The number of rotatable bonds is 6. The molecule has 0 saturated carbocycles. The first-order chi connectivity index (χ1) is 16.3. The third-order valence-corrected chi connectivity index (χ3v) is 6.51. The minimum atomic E-state index is -4.36. The van der Waals surface area contributed by atoms with Crippen LogP contribution in [0.5, 0.6) is 0 Å². The zero-order valence-corrected chi connectivity index (χ0v) is 19.0. The molecule has 1 aromatic heterocycles. The number of amides is 1. The van der Waals surface area contributed by atoms with Crippen LogP contribution >= 0.6 is 0 Å². The fraction of sp³-hybridized carbons (Fsp3) is 0.500. The van der Waals surface area contributed by atoms with E-state index in [1.807, 2.05) is 11.0 Å². The third-order valence-electron chi connectivity index (χ3n) is 6.51. The quantitative estimate of drug-likeness (QED) is 0.666. The number of hydrogen-bond donors (Lipinski definition) is 2. The first-order valence-electron chi connectivity index (χ1n) is 11.6. The summed E-state index contributed by atoms with van der Waals surface area (Å²) in [6, 6.07) is 8.57. The Morgan fingerprint density at radius 3 is 2.29 bits per heavy atom. The fourth-order valence-electron chi connectivity index (χ4n) is 4.53. The molecule has 2 aromatic rings. The molecule has 7 nitrogen and oxygen atoms in total. The zero-order chi connectivity index (χ0) is 24.1. The van der Waals surface area contributed by atoms with Crippen molar-refractivity contribution in [3.05, 3.63) is 48.2 Å². The molecule has 2 fully saturated rings. The summed E-state index contributed by atoms with van der Waals surface area (Å²) < 4.78 is 38.3. The highest BCUT2D eigenvalue weighted by atomic mass is 19.4. The lowest BCUT2D eigenvalue weighted by atomic mass is 9.95. The topological polar surface area (TPSA) is 71.9 Å². The van der Waals surface area contributed by atoms with Gasteiger partial charge in [-0.1, -0.05) is 0 Å². The molecule has 2 saturated heterocycles. The molecule has 1 aromatic carbocycles. The number of halogens is 3. The smallest absolute Gasteiger partial charge is 0.395 e. The number of piperazine rings is 1. The molecule has 0 unspecified atom stereocenters. The molecular formula is C24H30F3N5O2. The number of alkyl halides is 3. The molecule has 0 bridgehead atoms. The van der Waals surface area contributed by atoms with Crippen molar-refractivity contribution in [2.75, 3.05) is 62.6 Å². The van der Waals surface area contributed by atoms with Crippen molar-refractivity contribution in [1.82, 2.24) is 14.8 Å². The predicted octanol–water partition coefficient (Wildman–Crippen LogP) is 3.20. The first-order valence-corrected chi connectivity index (χ1v) is 11.6. The van der Waals surface area contributed by atoms with E-state index in [2.05, 4.69) is 20.1 Å². The van der Waals surface area contributed by atoms with Gasteiger partial charge >= 0.3 is 6.18 Å². The first kappa shape index (κ1) is 24.3. The van der Waals surface area contributed by atoms with E-state index in [0.717, 1.165) is 62.7 Å². The van der Waals surface area contributed by atoms with E-state index < -0.39 is 11.7 Å². The zero-order valence-electron chi connectivity index (χ0n) is 19.0. The molecule has 0 spiro atoms. The molecule has 34 heavy (non-hydrogen) atoms. The number of aliphatic hydroxyl groups excluding tert-OH is 1. The summed E-state index contributed by atoms with van der Waals surface area (Å²) in [5.74, 6) is 1.00. The van der Waals surface area contributed by atoms with Gasteiger partial charge in [-0.3, -0.25) is 9.69 Å². The summed E-state index contributed by atoms with van der Waals surface area (Å²) in [7, 11) is 0. The summed E-state index contributed by atoms with van der Waals surface area (Å²) in [6.07, 6.45) is -1.17. The lowest BCUT2D eigenvalue weighted by Gasteiger charge is -2.38. The van der Waals surface area contributed by atoms with Gasteiger partial charge in [0.2, 0.25) is 5.91 Å². The number of carbonyl (C=O) groups is 1. The van der Waals surface area contributed by atoms with Gasteiger partial charge in [0.05, 0.1) is 12.2 Å².